The van der Waals surface area contributed by atoms with Crippen LogP contribution in [0.5, 0.6) is 5.75 Å². The normalized spacial score (nSPS) is 11.8. The first-order chi connectivity index (χ1) is 11.5. The molecule has 24 heavy (non-hydrogen) atoms. The van der Waals surface area contributed by atoms with Crippen molar-refractivity contribution in [3.05, 3.63) is 53.5 Å². The molecule has 0 aliphatic heterocycles. The van der Waals surface area contributed by atoms with Crippen molar-refractivity contribution in [1.82, 2.24) is 10.2 Å². The van der Waals surface area contributed by atoms with E-state index < -0.39 is 0 Å². The van der Waals surface area contributed by atoms with Crippen LogP contribution in [-0.2, 0) is 0 Å². The van der Waals surface area contributed by atoms with Crippen molar-refractivity contribution in [1.29, 1.82) is 0 Å². The monoisotopic (exact) mass is 330 g/mol. The molecule has 1 N–H and O–H groups in total. The van der Waals surface area contributed by atoms with E-state index >= 15 is 0 Å². The lowest BCUT2D eigenvalue weighted by Crippen LogP contribution is -2.39. The molecule has 0 saturated carbocycles. The number of hydrogen-bond donors (Lipinski definition) is 1. The fraction of sp³-hybridized carbons (Fsp3) is 0.421. The summed E-state index contributed by atoms with van der Waals surface area (Å²) in [4.78, 5) is 13.9. The van der Waals surface area contributed by atoms with Crippen molar-refractivity contribution in [3.63, 3.8) is 0 Å². The van der Waals surface area contributed by atoms with Crippen LogP contribution in [0.1, 0.15) is 36.5 Å². The van der Waals surface area contributed by atoms with Gasteiger partial charge in [-0.15, -0.1) is 0 Å². The predicted molar refractivity (Wildman–Crippen MR) is 94.3 cm³/mol. The van der Waals surface area contributed by atoms with Crippen LogP contribution in [0.15, 0.2) is 40.8 Å². The molecule has 5 nitrogen and oxygen atoms in total. The molecule has 0 saturated heterocycles. The number of nitrogens with zero attached hydrogens (tertiary/aromatic N) is 1. The molecule has 2 amide bonds. The van der Waals surface area contributed by atoms with Gasteiger partial charge in [0.2, 0.25) is 0 Å². The van der Waals surface area contributed by atoms with Crippen LogP contribution in [0.2, 0.25) is 0 Å². The minimum atomic E-state index is -0.0968. The second-order valence-corrected chi connectivity index (χ2v) is 5.98. The van der Waals surface area contributed by atoms with E-state index in [4.69, 9.17) is 9.15 Å². The third kappa shape index (κ3) is 5.05. The van der Waals surface area contributed by atoms with Gasteiger partial charge < -0.3 is 19.4 Å². The maximum atomic E-state index is 12.3. The largest absolute Gasteiger partial charge is 0.494 e. The van der Waals surface area contributed by atoms with Gasteiger partial charge in [-0.25, -0.2) is 4.79 Å². The lowest BCUT2D eigenvalue weighted by Gasteiger charge is -2.21. The third-order valence-corrected chi connectivity index (χ3v) is 3.88. The Hall–Kier alpha value is -2.43. The fourth-order valence-electron chi connectivity index (χ4n) is 2.56. The molecule has 1 aromatic heterocycles. The fourth-order valence-corrected chi connectivity index (χ4v) is 2.56. The highest BCUT2D eigenvalue weighted by Crippen LogP contribution is 2.21. The van der Waals surface area contributed by atoms with E-state index in [2.05, 4.69) is 5.32 Å². The van der Waals surface area contributed by atoms with Crippen LogP contribution in [0.25, 0.3) is 0 Å². The molecular weight excluding hydrogens is 304 g/mol. The zero-order valence-corrected chi connectivity index (χ0v) is 14.8. The van der Waals surface area contributed by atoms with Crippen LogP contribution in [-0.4, -0.2) is 31.1 Å². The summed E-state index contributed by atoms with van der Waals surface area (Å²) in [6.07, 6.45) is 0.775. The average Bonchev–Trinajstić information content (AvgIpc) is 2.90. The lowest BCUT2D eigenvalue weighted by atomic mass is 10.1. The molecule has 5 heteroatoms. The zero-order valence-electron chi connectivity index (χ0n) is 14.8. The minimum Gasteiger partial charge on any atom is -0.494 e. The highest BCUT2D eigenvalue weighted by molar-refractivity contribution is 5.74. The second-order valence-electron chi connectivity index (χ2n) is 5.98. The zero-order chi connectivity index (χ0) is 17.5. The number of carbonyl (C=O) groups excluding carboxylic acids is 1. The number of aryl methyl sites for hydroxylation is 2. The Morgan fingerprint density at radius 1 is 1.29 bits per heavy atom. The SMILES string of the molecule is Cc1cc(C(C)NC(=O)N(C)CCCOc2ccccc2)c(C)o1. The van der Waals surface area contributed by atoms with E-state index in [1.54, 1.807) is 11.9 Å². The van der Waals surface area contributed by atoms with Crippen molar-refractivity contribution < 1.29 is 13.9 Å². The van der Waals surface area contributed by atoms with Gasteiger partial charge in [-0.1, -0.05) is 18.2 Å². The Morgan fingerprint density at radius 2 is 2.00 bits per heavy atom. The first-order valence-corrected chi connectivity index (χ1v) is 8.23. The maximum Gasteiger partial charge on any atom is 0.317 e. The van der Waals surface area contributed by atoms with Crippen LogP contribution >= 0.6 is 0 Å². The van der Waals surface area contributed by atoms with Crippen molar-refractivity contribution in [3.8, 4) is 5.75 Å². The molecule has 0 aliphatic rings. The van der Waals surface area contributed by atoms with Crippen molar-refractivity contribution >= 4 is 6.03 Å². The van der Waals surface area contributed by atoms with E-state index in [0.29, 0.717) is 13.2 Å². The standard InChI is InChI=1S/C19H26N2O3/c1-14-13-18(16(3)24-14)15(2)20-19(22)21(4)11-8-12-23-17-9-6-5-7-10-17/h5-7,9-10,13,15H,8,11-12H2,1-4H3,(H,20,22). The predicted octanol–water partition coefficient (Wildman–Crippen LogP) is 4.07. The number of carbonyl (C=O) groups is 1. The molecule has 0 aliphatic carbocycles. The van der Waals surface area contributed by atoms with E-state index in [1.807, 2.05) is 57.2 Å². The first-order valence-electron chi connectivity index (χ1n) is 8.23. The van der Waals surface area contributed by atoms with Gasteiger partial charge in [-0.05, 0) is 45.4 Å². The first kappa shape index (κ1) is 17.9. The molecule has 1 unspecified atom stereocenters. The molecule has 1 heterocycles. The Balaban J connectivity index is 1.72. The van der Waals surface area contributed by atoms with Crippen LogP contribution in [0.4, 0.5) is 4.79 Å². The van der Waals surface area contributed by atoms with Gasteiger partial charge >= 0.3 is 6.03 Å². The second kappa shape index (κ2) is 8.43. The van der Waals surface area contributed by atoms with Gasteiger partial charge in [0.1, 0.15) is 17.3 Å². The van der Waals surface area contributed by atoms with E-state index in [9.17, 15) is 4.79 Å². The van der Waals surface area contributed by atoms with Gasteiger partial charge in [-0.3, -0.25) is 0 Å². The van der Waals surface area contributed by atoms with Gasteiger partial charge in [0.25, 0.3) is 0 Å². The van der Waals surface area contributed by atoms with E-state index in [-0.39, 0.29) is 12.1 Å². The molecule has 2 rings (SSSR count). The van der Waals surface area contributed by atoms with Crippen molar-refractivity contribution in [2.24, 2.45) is 0 Å². The van der Waals surface area contributed by atoms with Gasteiger partial charge in [0, 0.05) is 19.2 Å². The van der Waals surface area contributed by atoms with Crippen LogP contribution in [0.3, 0.4) is 0 Å². The Labute approximate surface area is 143 Å². The number of hydrogen-bond acceptors (Lipinski definition) is 3. The van der Waals surface area contributed by atoms with Gasteiger partial charge in [0.05, 0.1) is 12.6 Å². The molecule has 0 radical (unpaired) electrons. The van der Waals surface area contributed by atoms with E-state index in [1.165, 1.54) is 0 Å². The molecule has 2 aromatic rings. The highest BCUT2D eigenvalue weighted by Gasteiger charge is 2.17. The summed E-state index contributed by atoms with van der Waals surface area (Å²) >= 11 is 0. The number of rotatable bonds is 7. The van der Waals surface area contributed by atoms with Crippen LogP contribution < -0.4 is 10.1 Å². The third-order valence-electron chi connectivity index (χ3n) is 3.88. The minimum absolute atomic E-state index is 0.0852. The highest BCUT2D eigenvalue weighted by atomic mass is 16.5. The lowest BCUT2D eigenvalue weighted by molar-refractivity contribution is 0.200. The summed E-state index contributed by atoms with van der Waals surface area (Å²) in [7, 11) is 1.79. The van der Waals surface area contributed by atoms with Crippen LogP contribution in [0, 0.1) is 13.8 Å². The molecule has 130 valence electrons. The Kier molecular flexibility index (Phi) is 6.29. The smallest absolute Gasteiger partial charge is 0.317 e. The maximum absolute atomic E-state index is 12.3. The molecule has 1 aromatic carbocycles. The average molecular weight is 330 g/mol. The number of nitrogens with one attached hydrogen (secondary N) is 1. The van der Waals surface area contributed by atoms with Gasteiger partial charge in [-0.2, -0.15) is 0 Å². The summed E-state index contributed by atoms with van der Waals surface area (Å²) in [5, 5.41) is 2.99. The van der Waals surface area contributed by atoms with Gasteiger partial charge in [0.15, 0.2) is 0 Å². The Bertz CT molecular complexity index is 652. The summed E-state index contributed by atoms with van der Waals surface area (Å²) in [5.74, 6) is 2.55. The number of para-hydroxylation sites is 1. The number of urea groups is 1. The molecule has 0 bridgehead atoms. The summed E-state index contributed by atoms with van der Waals surface area (Å²) in [6.45, 7) is 6.99. The molecule has 0 fully saturated rings. The summed E-state index contributed by atoms with van der Waals surface area (Å²) in [6, 6.07) is 11.5. The molecule has 0 spiro atoms. The summed E-state index contributed by atoms with van der Waals surface area (Å²) in [5.41, 5.74) is 1.02. The molecule has 1 atom stereocenters. The Morgan fingerprint density at radius 3 is 2.62 bits per heavy atom. The number of amides is 2. The number of benzene rings is 1. The number of ether oxygens (including phenoxy) is 1. The summed E-state index contributed by atoms with van der Waals surface area (Å²) < 4.78 is 11.2. The number of furan rings is 1. The topological polar surface area (TPSA) is 54.7 Å². The molecular formula is C19H26N2O3. The quantitative estimate of drug-likeness (QED) is 0.779. The van der Waals surface area contributed by atoms with Crippen molar-refractivity contribution in [2.75, 3.05) is 20.2 Å². The van der Waals surface area contributed by atoms with Crippen molar-refractivity contribution in [2.45, 2.75) is 33.2 Å². The van der Waals surface area contributed by atoms with E-state index in [0.717, 1.165) is 29.3 Å².